The van der Waals surface area contributed by atoms with E-state index in [0.717, 1.165) is 37.7 Å². The molecule has 0 bridgehead atoms. The Bertz CT molecular complexity index is 774. The van der Waals surface area contributed by atoms with Crippen LogP contribution in [0.5, 0.6) is 0 Å². The molecule has 160 valence electrons. The number of carbonyl (C=O) groups excluding carboxylic acids is 2. The monoisotopic (exact) mass is 400 g/mol. The zero-order chi connectivity index (χ0) is 21.4. The highest BCUT2D eigenvalue weighted by Crippen LogP contribution is 2.62. The molecule has 0 aromatic carbocycles. The molecule has 3 aliphatic rings. The SMILES string of the molecule is C/C=C(\C)C(=O)O[C@@H]1C[C@@H](C)[C@@](C)(CCC2=CC(=O)OC2)[C@@H]2CCC=C(C)[C@]12C. The van der Waals surface area contributed by atoms with Gasteiger partial charge >= 0.3 is 11.9 Å². The molecule has 5 atom stereocenters. The number of carbonyl (C=O) groups is 2. The van der Waals surface area contributed by atoms with Crippen LogP contribution in [0.1, 0.15) is 73.6 Å². The third-order valence-corrected chi connectivity index (χ3v) is 8.35. The average molecular weight is 401 g/mol. The third kappa shape index (κ3) is 3.83. The largest absolute Gasteiger partial charge is 0.458 e. The second-order valence-electron chi connectivity index (χ2n) is 9.72. The quantitative estimate of drug-likeness (QED) is 0.345. The zero-order valence-electron chi connectivity index (χ0n) is 18.8. The number of hydrogen-bond acceptors (Lipinski definition) is 4. The van der Waals surface area contributed by atoms with Crippen molar-refractivity contribution in [3.8, 4) is 0 Å². The van der Waals surface area contributed by atoms with Crippen molar-refractivity contribution >= 4 is 11.9 Å². The lowest BCUT2D eigenvalue weighted by Crippen LogP contribution is -2.57. The van der Waals surface area contributed by atoms with Crippen LogP contribution in [0.4, 0.5) is 0 Å². The van der Waals surface area contributed by atoms with Gasteiger partial charge < -0.3 is 9.47 Å². The van der Waals surface area contributed by atoms with Crippen molar-refractivity contribution < 1.29 is 19.1 Å². The third-order valence-electron chi connectivity index (χ3n) is 8.35. The lowest BCUT2D eigenvalue weighted by Gasteiger charge is -2.60. The van der Waals surface area contributed by atoms with Crippen LogP contribution in [-0.4, -0.2) is 24.6 Å². The van der Waals surface area contributed by atoms with Gasteiger partial charge in [-0.25, -0.2) is 9.59 Å². The van der Waals surface area contributed by atoms with E-state index in [1.54, 1.807) is 6.08 Å². The normalized spacial score (nSPS) is 37.4. The van der Waals surface area contributed by atoms with Crippen molar-refractivity contribution in [2.24, 2.45) is 22.7 Å². The molecule has 0 amide bonds. The molecule has 1 fully saturated rings. The Kier molecular flexibility index (Phi) is 6.12. The lowest BCUT2D eigenvalue weighted by atomic mass is 9.46. The molecule has 4 nitrogen and oxygen atoms in total. The van der Waals surface area contributed by atoms with Gasteiger partial charge in [0.1, 0.15) is 12.7 Å². The molecule has 0 N–H and O–H groups in total. The van der Waals surface area contributed by atoms with Gasteiger partial charge in [-0.05, 0) is 75.7 Å². The topological polar surface area (TPSA) is 52.6 Å². The fourth-order valence-corrected chi connectivity index (χ4v) is 5.85. The van der Waals surface area contributed by atoms with Gasteiger partial charge in [-0.15, -0.1) is 0 Å². The first kappa shape index (κ1) is 21.9. The first-order chi connectivity index (χ1) is 13.6. The first-order valence-corrected chi connectivity index (χ1v) is 11.0. The maximum atomic E-state index is 12.6. The van der Waals surface area contributed by atoms with E-state index in [-0.39, 0.29) is 28.9 Å². The van der Waals surface area contributed by atoms with E-state index >= 15 is 0 Å². The van der Waals surface area contributed by atoms with E-state index in [9.17, 15) is 9.59 Å². The van der Waals surface area contributed by atoms with Crippen molar-refractivity contribution in [3.05, 3.63) is 34.9 Å². The number of ether oxygens (including phenoxy) is 2. The maximum Gasteiger partial charge on any atom is 0.333 e. The molecule has 1 saturated carbocycles. The van der Waals surface area contributed by atoms with Crippen LogP contribution in [0.3, 0.4) is 0 Å². The standard InChI is InChI=1S/C25H36O4/c1-7-16(2)23(27)29-21-13-18(4)24(5,12-11-19-14-22(26)28-15-19)20-10-8-9-17(3)25(20,21)6/h7,9,14,18,20-21H,8,10-13,15H2,1-6H3/b16-7+/t18-,20+,21-,24-,25+/m1/s1. The van der Waals surface area contributed by atoms with Gasteiger partial charge in [-0.3, -0.25) is 0 Å². The van der Waals surface area contributed by atoms with E-state index in [4.69, 9.17) is 9.47 Å². The molecule has 1 heterocycles. The lowest BCUT2D eigenvalue weighted by molar-refractivity contribution is -0.172. The number of fused-ring (bicyclic) bond motifs is 1. The summed E-state index contributed by atoms with van der Waals surface area (Å²) in [6.45, 7) is 13.4. The summed E-state index contributed by atoms with van der Waals surface area (Å²) in [5.74, 6) is 0.452. The van der Waals surface area contributed by atoms with E-state index in [0.29, 0.717) is 24.0 Å². The Morgan fingerprint density at radius 2 is 2.10 bits per heavy atom. The van der Waals surface area contributed by atoms with Crippen molar-refractivity contribution in [3.63, 3.8) is 0 Å². The smallest absolute Gasteiger partial charge is 0.333 e. The molecule has 29 heavy (non-hydrogen) atoms. The molecular formula is C25H36O4. The minimum atomic E-state index is -0.213. The van der Waals surface area contributed by atoms with Crippen LogP contribution < -0.4 is 0 Å². The summed E-state index contributed by atoms with van der Waals surface area (Å²) >= 11 is 0. The molecule has 0 saturated heterocycles. The zero-order valence-corrected chi connectivity index (χ0v) is 18.8. The molecule has 0 aromatic heterocycles. The minimum absolute atomic E-state index is 0.106. The van der Waals surface area contributed by atoms with Crippen LogP contribution in [-0.2, 0) is 19.1 Å². The highest BCUT2D eigenvalue weighted by molar-refractivity contribution is 5.87. The summed E-state index contributed by atoms with van der Waals surface area (Å²) in [4.78, 5) is 24.0. The fourth-order valence-electron chi connectivity index (χ4n) is 5.85. The van der Waals surface area contributed by atoms with Gasteiger partial charge in [-0.2, -0.15) is 0 Å². The van der Waals surface area contributed by atoms with Gasteiger partial charge in [0.2, 0.25) is 0 Å². The Morgan fingerprint density at radius 3 is 2.72 bits per heavy atom. The predicted octanol–water partition coefficient (Wildman–Crippen LogP) is 5.54. The van der Waals surface area contributed by atoms with Gasteiger partial charge in [0.05, 0.1) is 0 Å². The van der Waals surface area contributed by atoms with Crippen LogP contribution in [0, 0.1) is 22.7 Å². The molecule has 0 aromatic rings. The van der Waals surface area contributed by atoms with Crippen molar-refractivity contribution in [2.75, 3.05) is 6.61 Å². The highest BCUT2D eigenvalue weighted by atomic mass is 16.5. The van der Waals surface area contributed by atoms with E-state index < -0.39 is 0 Å². The highest BCUT2D eigenvalue weighted by Gasteiger charge is 2.58. The molecule has 0 unspecified atom stereocenters. The van der Waals surface area contributed by atoms with Crippen molar-refractivity contribution in [1.82, 2.24) is 0 Å². The molecule has 0 radical (unpaired) electrons. The molecule has 2 aliphatic carbocycles. The number of allylic oxidation sites excluding steroid dienone is 2. The van der Waals surface area contributed by atoms with Gasteiger partial charge in [0.15, 0.2) is 0 Å². The van der Waals surface area contributed by atoms with E-state index in [2.05, 4.69) is 33.8 Å². The summed E-state index contributed by atoms with van der Waals surface area (Å²) in [5.41, 5.74) is 3.09. The van der Waals surface area contributed by atoms with E-state index in [1.165, 1.54) is 5.57 Å². The van der Waals surface area contributed by atoms with Gasteiger partial charge in [0.25, 0.3) is 0 Å². The molecule has 3 rings (SSSR count). The summed E-state index contributed by atoms with van der Waals surface area (Å²) in [5, 5.41) is 0. The van der Waals surface area contributed by atoms with Crippen LogP contribution >= 0.6 is 0 Å². The second-order valence-corrected chi connectivity index (χ2v) is 9.72. The Morgan fingerprint density at radius 1 is 1.38 bits per heavy atom. The fraction of sp³-hybridized carbons (Fsp3) is 0.680. The second kappa shape index (κ2) is 8.12. The van der Waals surface area contributed by atoms with Crippen molar-refractivity contribution in [2.45, 2.75) is 79.8 Å². The maximum absolute atomic E-state index is 12.6. The average Bonchev–Trinajstić information content (AvgIpc) is 3.11. The number of rotatable bonds is 5. The van der Waals surface area contributed by atoms with Gasteiger partial charge in [-0.1, -0.05) is 38.5 Å². The molecular weight excluding hydrogens is 364 g/mol. The Hall–Kier alpha value is -1.84. The van der Waals surface area contributed by atoms with Crippen molar-refractivity contribution in [1.29, 1.82) is 0 Å². The van der Waals surface area contributed by atoms with Crippen LogP contribution in [0.2, 0.25) is 0 Å². The molecule has 1 aliphatic heterocycles. The first-order valence-electron chi connectivity index (χ1n) is 11.0. The summed E-state index contributed by atoms with van der Waals surface area (Å²) in [6.07, 6.45) is 10.7. The van der Waals surface area contributed by atoms with Gasteiger partial charge in [0, 0.05) is 17.1 Å². The predicted molar refractivity (Wildman–Crippen MR) is 114 cm³/mol. The Labute approximate surface area is 175 Å². The van der Waals surface area contributed by atoms with Crippen LogP contribution in [0.25, 0.3) is 0 Å². The minimum Gasteiger partial charge on any atom is -0.458 e. The molecule has 0 spiro atoms. The number of hydrogen-bond donors (Lipinski definition) is 0. The Balaban J connectivity index is 1.89. The summed E-state index contributed by atoms with van der Waals surface area (Å²) in [7, 11) is 0. The number of cyclic esters (lactones) is 1. The number of esters is 2. The summed E-state index contributed by atoms with van der Waals surface area (Å²) in [6, 6.07) is 0. The molecule has 4 heteroatoms. The van der Waals surface area contributed by atoms with E-state index in [1.807, 2.05) is 19.9 Å². The summed E-state index contributed by atoms with van der Waals surface area (Å²) < 4.78 is 11.2. The van der Waals surface area contributed by atoms with Crippen LogP contribution in [0.15, 0.2) is 34.9 Å².